The first kappa shape index (κ1) is 10.5. The highest BCUT2D eigenvalue weighted by molar-refractivity contribution is 6.35. The Balaban J connectivity index is 2.59. The summed E-state index contributed by atoms with van der Waals surface area (Å²) in [5, 5.41) is 5.31. The molecule has 0 aromatic carbocycles. The smallest absolute Gasteiger partial charge is 0.172 e. The minimum Gasteiger partial charge on any atom is -0.234 e. The third-order valence-corrected chi connectivity index (χ3v) is 2.48. The number of nitrogens with zero attached hydrogens (tertiary/aromatic N) is 3. The fourth-order valence-corrected chi connectivity index (χ4v) is 1.87. The molecule has 3 nitrogen and oxygen atoms in total. The van der Waals surface area contributed by atoms with Crippen molar-refractivity contribution < 1.29 is 0 Å². The molecule has 0 bridgehead atoms. The van der Waals surface area contributed by atoms with Crippen LogP contribution in [0.4, 0.5) is 0 Å². The van der Waals surface area contributed by atoms with Gasteiger partial charge in [-0.15, -0.1) is 0 Å². The van der Waals surface area contributed by atoms with E-state index in [1.807, 2.05) is 19.9 Å². The van der Waals surface area contributed by atoms with Gasteiger partial charge in [-0.3, -0.25) is 0 Å². The molecule has 0 spiro atoms. The van der Waals surface area contributed by atoms with Crippen LogP contribution in [-0.4, -0.2) is 14.8 Å². The van der Waals surface area contributed by atoms with Gasteiger partial charge in [0.1, 0.15) is 0 Å². The number of halogens is 2. The van der Waals surface area contributed by atoms with E-state index in [1.165, 1.54) is 0 Å². The van der Waals surface area contributed by atoms with Crippen molar-refractivity contribution in [3.63, 3.8) is 0 Å². The van der Waals surface area contributed by atoms with E-state index in [4.69, 9.17) is 23.2 Å². The topological polar surface area (TPSA) is 30.7 Å². The molecule has 0 atom stereocenters. The first-order valence-corrected chi connectivity index (χ1v) is 5.18. The van der Waals surface area contributed by atoms with Crippen LogP contribution >= 0.6 is 23.2 Å². The Kier molecular flexibility index (Phi) is 2.67. The maximum Gasteiger partial charge on any atom is 0.172 e. The van der Waals surface area contributed by atoms with Crippen molar-refractivity contribution in [1.29, 1.82) is 0 Å². The molecule has 0 radical (unpaired) electrons. The highest BCUT2D eigenvalue weighted by Gasteiger charge is 2.09. The van der Waals surface area contributed by atoms with Crippen molar-refractivity contribution in [1.82, 2.24) is 14.8 Å². The summed E-state index contributed by atoms with van der Waals surface area (Å²) in [5.74, 6) is 0.603. The Morgan fingerprint density at radius 2 is 1.93 bits per heavy atom. The molecule has 2 aromatic heterocycles. The SMILES string of the molecule is Cc1cc(C)n(-c2ncc(Cl)cc2Cl)n1. The van der Waals surface area contributed by atoms with E-state index in [0.29, 0.717) is 15.9 Å². The normalized spacial score (nSPS) is 10.7. The van der Waals surface area contributed by atoms with E-state index >= 15 is 0 Å². The maximum atomic E-state index is 6.04. The van der Waals surface area contributed by atoms with Gasteiger partial charge in [0.05, 0.1) is 15.7 Å². The molecule has 2 aromatic rings. The van der Waals surface area contributed by atoms with E-state index in [0.717, 1.165) is 11.4 Å². The Bertz CT molecular complexity index is 505. The van der Waals surface area contributed by atoms with Gasteiger partial charge in [0.15, 0.2) is 5.82 Å². The average molecular weight is 242 g/mol. The molecule has 0 aliphatic rings. The van der Waals surface area contributed by atoms with Crippen LogP contribution < -0.4 is 0 Å². The van der Waals surface area contributed by atoms with E-state index in [-0.39, 0.29) is 0 Å². The largest absolute Gasteiger partial charge is 0.234 e. The third-order valence-electron chi connectivity index (χ3n) is 2.00. The molecule has 0 amide bonds. The van der Waals surface area contributed by atoms with Crippen LogP contribution in [0, 0.1) is 13.8 Å². The maximum absolute atomic E-state index is 6.04. The summed E-state index contributed by atoms with van der Waals surface area (Å²) in [6.45, 7) is 3.87. The van der Waals surface area contributed by atoms with Crippen molar-refractivity contribution in [3.05, 3.63) is 39.8 Å². The number of aryl methyl sites for hydroxylation is 2. The minimum atomic E-state index is 0.494. The Morgan fingerprint density at radius 1 is 1.20 bits per heavy atom. The number of pyridine rings is 1. The van der Waals surface area contributed by atoms with Gasteiger partial charge in [-0.05, 0) is 26.0 Å². The number of hydrogen-bond acceptors (Lipinski definition) is 2. The molecular formula is C10H9Cl2N3. The minimum absolute atomic E-state index is 0.494. The molecule has 2 rings (SSSR count). The third kappa shape index (κ3) is 1.98. The van der Waals surface area contributed by atoms with E-state index in [2.05, 4.69) is 10.1 Å². The summed E-state index contributed by atoms with van der Waals surface area (Å²) < 4.78 is 1.70. The lowest BCUT2D eigenvalue weighted by atomic mass is 10.4. The summed E-state index contributed by atoms with van der Waals surface area (Å²) in [6.07, 6.45) is 1.55. The van der Waals surface area contributed by atoms with Crippen molar-refractivity contribution in [2.75, 3.05) is 0 Å². The van der Waals surface area contributed by atoms with Gasteiger partial charge in [-0.25, -0.2) is 9.67 Å². The lowest BCUT2D eigenvalue weighted by Gasteiger charge is -2.05. The van der Waals surface area contributed by atoms with Crippen molar-refractivity contribution in [3.8, 4) is 5.82 Å². The van der Waals surface area contributed by atoms with E-state index < -0.39 is 0 Å². The van der Waals surface area contributed by atoms with Gasteiger partial charge in [0.25, 0.3) is 0 Å². The van der Waals surface area contributed by atoms with Gasteiger partial charge in [0, 0.05) is 11.9 Å². The van der Waals surface area contributed by atoms with E-state index in [9.17, 15) is 0 Å². The Hall–Kier alpha value is -1.06. The quantitative estimate of drug-likeness (QED) is 0.768. The predicted octanol–water partition coefficient (Wildman–Crippen LogP) is 3.19. The predicted molar refractivity (Wildman–Crippen MR) is 60.9 cm³/mol. The van der Waals surface area contributed by atoms with E-state index in [1.54, 1.807) is 16.9 Å². The zero-order chi connectivity index (χ0) is 11.0. The number of rotatable bonds is 1. The Labute approximate surface area is 97.7 Å². The summed E-state index contributed by atoms with van der Waals surface area (Å²) in [4.78, 5) is 4.16. The molecular weight excluding hydrogens is 233 g/mol. The van der Waals surface area contributed by atoms with Crippen LogP contribution in [0.15, 0.2) is 18.3 Å². The van der Waals surface area contributed by atoms with Gasteiger partial charge in [0.2, 0.25) is 0 Å². The first-order chi connectivity index (χ1) is 7.08. The molecule has 0 saturated heterocycles. The van der Waals surface area contributed by atoms with Crippen LogP contribution in [-0.2, 0) is 0 Å². The molecule has 0 aliphatic heterocycles. The molecule has 2 heterocycles. The molecule has 0 fully saturated rings. The first-order valence-electron chi connectivity index (χ1n) is 4.42. The van der Waals surface area contributed by atoms with Gasteiger partial charge < -0.3 is 0 Å². The Morgan fingerprint density at radius 3 is 2.47 bits per heavy atom. The molecule has 15 heavy (non-hydrogen) atoms. The molecule has 78 valence electrons. The average Bonchev–Trinajstić information content (AvgIpc) is 2.45. The van der Waals surface area contributed by atoms with Crippen molar-refractivity contribution in [2.45, 2.75) is 13.8 Å². The zero-order valence-electron chi connectivity index (χ0n) is 8.33. The molecule has 0 aliphatic carbocycles. The molecule has 0 unspecified atom stereocenters. The summed E-state index contributed by atoms with van der Waals surface area (Å²) in [7, 11) is 0. The van der Waals surface area contributed by atoms with Crippen molar-refractivity contribution >= 4 is 23.2 Å². The zero-order valence-corrected chi connectivity index (χ0v) is 9.84. The molecule has 5 heteroatoms. The number of hydrogen-bond donors (Lipinski definition) is 0. The van der Waals surface area contributed by atoms with Crippen molar-refractivity contribution in [2.24, 2.45) is 0 Å². The number of aromatic nitrogens is 3. The van der Waals surface area contributed by atoms with Crippen LogP contribution in [0.5, 0.6) is 0 Å². The summed E-state index contributed by atoms with van der Waals surface area (Å²) in [5.41, 5.74) is 1.92. The highest BCUT2D eigenvalue weighted by Crippen LogP contribution is 2.22. The lowest BCUT2D eigenvalue weighted by Crippen LogP contribution is -2.02. The lowest BCUT2D eigenvalue weighted by molar-refractivity contribution is 0.806. The second kappa shape index (κ2) is 3.83. The van der Waals surface area contributed by atoms with Gasteiger partial charge in [-0.1, -0.05) is 23.2 Å². The van der Waals surface area contributed by atoms with Crippen LogP contribution in [0.2, 0.25) is 10.0 Å². The fourth-order valence-electron chi connectivity index (χ4n) is 1.41. The van der Waals surface area contributed by atoms with Crippen LogP contribution in [0.1, 0.15) is 11.4 Å². The fraction of sp³-hybridized carbons (Fsp3) is 0.200. The molecule has 0 N–H and O–H groups in total. The summed E-state index contributed by atoms with van der Waals surface area (Å²) >= 11 is 11.8. The highest BCUT2D eigenvalue weighted by atomic mass is 35.5. The molecule has 0 saturated carbocycles. The van der Waals surface area contributed by atoms with Crippen LogP contribution in [0.3, 0.4) is 0 Å². The monoisotopic (exact) mass is 241 g/mol. The van der Waals surface area contributed by atoms with Gasteiger partial charge in [-0.2, -0.15) is 5.10 Å². The van der Waals surface area contributed by atoms with Crippen LogP contribution in [0.25, 0.3) is 5.82 Å². The van der Waals surface area contributed by atoms with Gasteiger partial charge >= 0.3 is 0 Å². The summed E-state index contributed by atoms with van der Waals surface area (Å²) in [6, 6.07) is 3.62. The second-order valence-electron chi connectivity index (χ2n) is 3.30. The second-order valence-corrected chi connectivity index (χ2v) is 4.14. The standard InChI is InChI=1S/C10H9Cl2N3/c1-6-3-7(2)15(14-6)10-9(12)4-8(11)5-13-10/h3-5H,1-2H3.